The van der Waals surface area contributed by atoms with E-state index in [1.807, 2.05) is 20.8 Å². The highest BCUT2D eigenvalue weighted by Gasteiger charge is 2.69. The van der Waals surface area contributed by atoms with Crippen molar-refractivity contribution in [2.45, 2.75) is 92.2 Å². The minimum Gasteiger partial charge on any atom is -0.331 e. The number of nitrogens with zero attached hydrogens (tertiary/aromatic N) is 1. The third-order valence-electron chi connectivity index (χ3n) is 8.28. The van der Waals surface area contributed by atoms with Gasteiger partial charge in [0.2, 0.25) is 11.7 Å². The normalized spacial score (nSPS) is 29.0. The summed E-state index contributed by atoms with van der Waals surface area (Å²) in [4.78, 5) is 53.4. The molecule has 3 aliphatic rings. The Bertz CT molecular complexity index is 762. The van der Waals surface area contributed by atoms with Gasteiger partial charge in [0.1, 0.15) is 0 Å². The Labute approximate surface area is 186 Å². The number of piperidine rings is 1. The summed E-state index contributed by atoms with van der Waals surface area (Å²) >= 11 is 0. The van der Waals surface area contributed by atoms with Crippen LogP contribution in [0.3, 0.4) is 0 Å². The van der Waals surface area contributed by atoms with Crippen molar-refractivity contribution in [2.75, 3.05) is 6.54 Å². The molecule has 1 heterocycles. The Kier molecular flexibility index (Phi) is 6.54. The summed E-state index contributed by atoms with van der Waals surface area (Å²) in [5, 5.41) is 0. The number of rotatable bonds is 9. The maximum Gasteiger partial charge on any atom is 0.240 e. The summed E-state index contributed by atoms with van der Waals surface area (Å²) in [6.07, 6.45) is 4.10. The lowest BCUT2D eigenvalue weighted by molar-refractivity contribution is -0.144. The number of ketones is 3. The molecule has 0 aromatic rings. The Morgan fingerprint density at radius 1 is 1.13 bits per heavy atom. The lowest BCUT2D eigenvalue weighted by Crippen LogP contribution is -2.55. The third kappa shape index (κ3) is 4.50. The van der Waals surface area contributed by atoms with Crippen LogP contribution in [-0.4, -0.2) is 46.8 Å². The summed E-state index contributed by atoms with van der Waals surface area (Å²) < 4.78 is 0. The standard InChI is InChI=1S/C25H40N2O4/c1-7-17(28)21(30)15(11-14-9-8-10-14)12-18(29)20-19-16(25(19,5)6)13-27(20)23(31)22(26)24(2,3)4/h14-16,19-20,22H,7-13,26H2,1-6H3/t15?,16-,19-,20+,22+/m0/s1. The highest BCUT2D eigenvalue weighted by Crippen LogP contribution is 2.65. The number of carbonyl (C=O) groups excluding carboxylic acids is 4. The van der Waals surface area contributed by atoms with E-state index in [1.165, 1.54) is 0 Å². The van der Waals surface area contributed by atoms with Gasteiger partial charge in [-0.15, -0.1) is 0 Å². The van der Waals surface area contributed by atoms with Crippen LogP contribution in [-0.2, 0) is 19.2 Å². The van der Waals surface area contributed by atoms with Gasteiger partial charge < -0.3 is 10.6 Å². The average Bonchev–Trinajstić information content (AvgIpc) is 3.02. The second-order valence-electron chi connectivity index (χ2n) is 11.8. The molecular weight excluding hydrogens is 392 g/mol. The monoisotopic (exact) mass is 432 g/mol. The van der Waals surface area contributed by atoms with E-state index in [-0.39, 0.29) is 41.8 Å². The molecule has 2 N–H and O–H groups in total. The Morgan fingerprint density at radius 2 is 1.74 bits per heavy atom. The van der Waals surface area contributed by atoms with Crippen molar-refractivity contribution >= 4 is 23.3 Å². The SMILES string of the molecule is CCC(=O)C(=O)C(CC(=O)[C@@H]1[C@@H]2[C@H](CN1C(=O)[C@@H](N)C(C)(C)C)C2(C)C)CC1CCC1. The molecule has 6 heteroatoms. The minimum atomic E-state index is -0.683. The van der Waals surface area contributed by atoms with Gasteiger partial charge in [0.05, 0.1) is 12.1 Å². The molecule has 0 aromatic heterocycles. The van der Waals surface area contributed by atoms with Gasteiger partial charge in [-0.2, -0.15) is 0 Å². The van der Waals surface area contributed by atoms with Crippen LogP contribution in [0.1, 0.15) is 80.1 Å². The highest BCUT2D eigenvalue weighted by molar-refractivity contribution is 6.38. The van der Waals surface area contributed by atoms with Crippen molar-refractivity contribution in [3.8, 4) is 0 Å². The van der Waals surface area contributed by atoms with Gasteiger partial charge in [0, 0.05) is 25.3 Å². The number of Topliss-reactive ketones (excluding diaryl/α,β-unsaturated/α-hetero) is 3. The third-order valence-corrected chi connectivity index (χ3v) is 8.28. The molecular formula is C25H40N2O4. The lowest BCUT2D eigenvalue weighted by Gasteiger charge is -2.36. The van der Waals surface area contributed by atoms with Gasteiger partial charge >= 0.3 is 0 Å². The number of amides is 1. The quantitative estimate of drug-likeness (QED) is 0.565. The molecule has 1 aliphatic heterocycles. The van der Waals surface area contributed by atoms with E-state index in [0.717, 1.165) is 19.3 Å². The number of hydrogen-bond donors (Lipinski definition) is 1. The number of nitrogens with two attached hydrogens (primary N) is 1. The van der Waals surface area contributed by atoms with Crippen LogP contribution in [0.15, 0.2) is 0 Å². The van der Waals surface area contributed by atoms with Crippen LogP contribution < -0.4 is 5.73 Å². The molecule has 0 aromatic carbocycles. The summed E-state index contributed by atoms with van der Waals surface area (Å²) in [5.74, 6) is -0.790. The molecule has 0 radical (unpaired) electrons. The van der Waals surface area contributed by atoms with Crippen molar-refractivity contribution in [1.82, 2.24) is 4.90 Å². The summed E-state index contributed by atoms with van der Waals surface area (Å²) in [5.41, 5.74) is 5.87. The average molecular weight is 433 g/mol. The topological polar surface area (TPSA) is 97.5 Å². The molecule has 3 rings (SSSR count). The van der Waals surface area contributed by atoms with Gasteiger partial charge in [0.25, 0.3) is 0 Å². The first-order valence-corrected chi connectivity index (χ1v) is 12.0. The van der Waals surface area contributed by atoms with E-state index < -0.39 is 35.0 Å². The maximum absolute atomic E-state index is 13.6. The molecule has 5 atom stereocenters. The molecule has 0 bridgehead atoms. The zero-order valence-corrected chi connectivity index (χ0v) is 20.1. The Morgan fingerprint density at radius 3 is 2.23 bits per heavy atom. The Hall–Kier alpha value is -1.56. The molecule has 1 unspecified atom stereocenters. The first-order valence-electron chi connectivity index (χ1n) is 12.0. The van der Waals surface area contributed by atoms with Gasteiger partial charge in [-0.1, -0.05) is 60.8 Å². The fourth-order valence-electron chi connectivity index (χ4n) is 5.61. The van der Waals surface area contributed by atoms with Crippen molar-refractivity contribution in [3.63, 3.8) is 0 Å². The largest absolute Gasteiger partial charge is 0.331 e. The zero-order chi connectivity index (χ0) is 23.3. The number of carbonyl (C=O) groups is 4. The lowest BCUT2D eigenvalue weighted by atomic mass is 9.75. The first kappa shape index (κ1) is 24.1. The molecule has 1 saturated heterocycles. The molecule has 174 valence electrons. The number of fused-ring (bicyclic) bond motifs is 1. The highest BCUT2D eigenvalue weighted by atomic mass is 16.2. The van der Waals surface area contributed by atoms with Crippen molar-refractivity contribution in [1.29, 1.82) is 0 Å². The molecule has 31 heavy (non-hydrogen) atoms. The van der Waals surface area contributed by atoms with Gasteiger partial charge in [-0.05, 0) is 35.0 Å². The smallest absolute Gasteiger partial charge is 0.240 e. The van der Waals surface area contributed by atoms with E-state index >= 15 is 0 Å². The molecule has 0 spiro atoms. The van der Waals surface area contributed by atoms with Crippen LogP contribution in [0.4, 0.5) is 0 Å². The first-order chi connectivity index (χ1) is 14.3. The second-order valence-corrected chi connectivity index (χ2v) is 11.8. The van der Waals surface area contributed by atoms with E-state index in [0.29, 0.717) is 18.9 Å². The summed E-state index contributed by atoms with van der Waals surface area (Å²) in [7, 11) is 0. The van der Waals surface area contributed by atoms with E-state index in [4.69, 9.17) is 5.73 Å². The second kappa shape index (κ2) is 8.42. The van der Waals surface area contributed by atoms with Gasteiger partial charge in [-0.25, -0.2) is 0 Å². The van der Waals surface area contributed by atoms with E-state index in [9.17, 15) is 19.2 Å². The molecule has 2 saturated carbocycles. The van der Waals surface area contributed by atoms with Crippen LogP contribution in [0.2, 0.25) is 0 Å². The fraction of sp³-hybridized carbons (Fsp3) is 0.840. The fourth-order valence-corrected chi connectivity index (χ4v) is 5.61. The summed E-state index contributed by atoms with van der Waals surface area (Å²) in [6, 6.07) is -1.22. The van der Waals surface area contributed by atoms with E-state index in [1.54, 1.807) is 11.8 Å². The molecule has 6 nitrogen and oxygen atoms in total. The van der Waals surface area contributed by atoms with Crippen LogP contribution >= 0.6 is 0 Å². The van der Waals surface area contributed by atoms with Crippen molar-refractivity contribution < 1.29 is 19.2 Å². The molecule has 3 fully saturated rings. The van der Waals surface area contributed by atoms with Crippen LogP contribution in [0.25, 0.3) is 0 Å². The van der Waals surface area contributed by atoms with Crippen LogP contribution in [0, 0.1) is 34.5 Å². The van der Waals surface area contributed by atoms with Gasteiger partial charge in [-0.3, -0.25) is 19.2 Å². The molecule has 1 amide bonds. The zero-order valence-electron chi connectivity index (χ0n) is 20.1. The van der Waals surface area contributed by atoms with E-state index in [2.05, 4.69) is 13.8 Å². The maximum atomic E-state index is 13.6. The van der Waals surface area contributed by atoms with Gasteiger partial charge in [0.15, 0.2) is 11.6 Å². The minimum absolute atomic E-state index is 0.00957. The predicted molar refractivity (Wildman–Crippen MR) is 119 cm³/mol. The number of hydrogen-bond acceptors (Lipinski definition) is 5. The number of likely N-dealkylation sites (tertiary alicyclic amines) is 1. The summed E-state index contributed by atoms with van der Waals surface area (Å²) in [6.45, 7) is 12.3. The van der Waals surface area contributed by atoms with Crippen LogP contribution in [0.5, 0.6) is 0 Å². The molecule has 2 aliphatic carbocycles. The van der Waals surface area contributed by atoms with Crippen molar-refractivity contribution in [2.24, 2.45) is 40.2 Å². The Balaban J connectivity index is 1.80. The van der Waals surface area contributed by atoms with Crippen molar-refractivity contribution in [3.05, 3.63) is 0 Å². The predicted octanol–water partition coefficient (Wildman–Crippen LogP) is 3.16.